The SMILES string of the molecule is C[Si](C)(C)CCOCn1cc(-c2cccc(C(N)=O)c2-c2nc(CCCCCCO)cn2-c2ccc(F)cc2)cn1. The second kappa shape index (κ2) is 13.8. The highest BCUT2D eigenvalue weighted by molar-refractivity contribution is 6.76. The van der Waals surface area contributed by atoms with Crippen molar-refractivity contribution in [2.75, 3.05) is 13.2 Å². The molecular weight excluding hydrogens is 537 g/mol. The number of rotatable bonds is 15. The van der Waals surface area contributed by atoms with Gasteiger partial charge in [-0.3, -0.25) is 9.36 Å². The lowest BCUT2D eigenvalue weighted by Gasteiger charge is -2.15. The number of imidazole rings is 1. The number of carbonyl (C=O) groups is 1. The molecule has 0 atom stereocenters. The molecule has 10 heteroatoms. The van der Waals surface area contributed by atoms with E-state index in [1.54, 1.807) is 35.1 Å². The molecule has 3 N–H and O–H groups in total. The number of halogens is 1. The first kappa shape index (κ1) is 30.4. The predicted molar refractivity (Wildman–Crippen MR) is 162 cm³/mol. The lowest BCUT2D eigenvalue weighted by Crippen LogP contribution is -2.22. The third kappa shape index (κ3) is 8.22. The summed E-state index contributed by atoms with van der Waals surface area (Å²) in [6.07, 6.45) is 9.92. The molecule has 1 amide bonds. The van der Waals surface area contributed by atoms with Gasteiger partial charge in [0, 0.05) is 50.5 Å². The fourth-order valence-corrected chi connectivity index (χ4v) is 5.40. The number of aryl methyl sites for hydroxylation is 1. The first-order chi connectivity index (χ1) is 19.7. The number of benzene rings is 2. The Morgan fingerprint density at radius 2 is 1.80 bits per heavy atom. The van der Waals surface area contributed by atoms with Gasteiger partial charge in [-0.2, -0.15) is 5.10 Å². The number of amides is 1. The van der Waals surface area contributed by atoms with E-state index in [0.29, 0.717) is 30.3 Å². The number of hydrogen-bond donors (Lipinski definition) is 2. The summed E-state index contributed by atoms with van der Waals surface area (Å²) in [5.41, 5.74) is 9.95. The summed E-state index contributed by atoms with van der Waals surface area (Å²) < 4.78 is 23.3. The number of ether oxygens (including phenoxy) is 1. The van der Waals surface area contributed by atoms with Crippen LogP contribution in [0.2, 0.25) is 25.7 Å². The zero-order valence-electron chi connectivity index (χ0n) is 24.1. The van der Waals surface area contributed by atoms with Gasteiger partial charge in [0.15, 0.2) is 0 Å². The van der Waals surface area contributed by atoms with Crippen molar-refractivity contribution in [1.29, 1.82) is 0 Å². The molecule has 2 heterocycles. The van der Waals surface area contributed by atoms with Gasteiger partial charge in [0.1, 0.15) is 18.4 Å². The Bertz CT molecular complexity index is 1440. The van der Waals surface area contributed by atoms with Crippen molar-refractivity contribution in [3.63, 3.8) is 0 Å². The normalized spacial score (nSPS) is 11.7. The van der Waals surface area contributed by atoms with E-state index in [2.05, 4.69) is 24.7 Å². The van der Waals surface area contributed by atoms with Crippen LogP contribution in [0.25, 0.3) is 28.2 Å². The number of aromatic nitrogens is 4. The van der Waals surface area contributed by atoms with Crippen molar-refractivity contribution in [2.24, 2.45) is 5.73 Å². The average Bonchev–Trinajstić information content (AvgIpc) is 3.58. The van der Waals surface area contributed by atoms with Gasteiger partial charge in [-0.15, -0.1) is 0 Å². The van der Waals surface area contributed by atoms with Gasteiger partial charge in [0.05, 0.1) is 17.5 Å². The van der Waals surface area contributed by atoms with Gasteiger partial charge in [-0.25, -0.2) is 14.1 Å². The molecule has 218 valence electrons. The van der Waals surface area contributed by atoms with Gasteiger partial charge in [-0.05, 0) is 61.2 Å². The second-order valence-electron chi connectivity index (χ2n) is 11.5. The summed E-state index contributed by atoms with van der Waals surface area (Å²) in [6.45, 7) is 8.15. The molecule has 8 nitrogen and oxygen atoms in total. The van der Waals surface area contributed by atoms with Gasteiger partial charge in [-0.1, -0.05) is 44.6 Å². The van der Waals surface area contributed by atoms with E-state index in [-0.39, 0.29) is 12.4 Å². The molecule has 0 spiro atoms. The Hall–Kier alpha value is -3.60. The van der Waals surface area contributed by atoms with Crippen LogP contribution >= 0.6 is 0 Å². The molecule has 0 aliphatic carbocycles. The van der Waals surface area contributed by atoms with Gasteiger partial charge < -0.3 is 15.6 Å². The smallest absolute Gasteiger partial charge is 0.249 e. The van der Waals surface area contributed by atoms with Gasteiger partial charge in [0.2, 0.25) is 5.91 Å². The number of aliphatic hydroxyl groups excluding tert-OH is 1. The Balaban J connectivity index is 1.72. The topological polar surface area (TPSA) is 108 Å². The predicted octanol–water partition coefficient (Wildman–Crippen LogP) is 6.05. The number of unbranched alkanes of at least 4 members (excludes halogenated alkanes) is 3. The van der Waals surface area contributed by atoms with Crippen LogP contribution in [0.1, 0.15) is 41.7 Å². The molecule has 0 saturated carbocycles. The third-order valence-corrected chi connectivity index (χ3v) is 8.62. The molecule has 4 aromatic rings. The summed E-state index contributed by atoms with van der Waals surface area (Å²) in [4.78, 5) is 17.7. The fraction of sp³-hybridized carbons (Fsp3) is 0.387. The van der Waals surface area contributed by atoms with Crippen LogP contribution in [0.3, 0.4) is 0 Å². The van der Waals surface area contributed by atoms with E-state index in [1.165, 1.54) is 12.1 Å². The van der Waals surface area contributed by atoms with Crippen molar-refractivity contribution in [3.05, 3.63) is 78.1 Å². The monoisotopic (exact) mass is 577 g/mol. The quantitative estimate of drug-likeness (QED) is 0.132. The van der Waals surface area contributed by atoms with Crippen molar-refractivity contribution < 1.29 is 19.0 Å². The first-order valence-corrected chi connectivity index (χ1v) is 17.9. The number of aliphatic hydroxyl groups is 1. The van der Waals surface area contributed by atoms with E-state index in [4.69, 9.17) is 20.6 Å². The zero-order chi connectivity index (χ0) is 29.4. The minimum atomic E-state index is -1.19. The van der Waals surface area contributed by atoms with Crippen LogP contribution in [0.5, 0.6) is 0 Å². The van der Waals surface area contributed by atoms with Crippen LogP contribution in [0, 0.1) is 5.82 Å². The molecule has 4 rings (SSSR count). The number of nitrogens with zero attached hydrogens (tertiary/aromatic N) is 4. The number of hydrogen-bond acceptors (Lipinski definition) is 5. The number of nitrogens with two attached hydrogens (primary N) is 1. The van der Waals surface area contributed by atoms with Crippen LogP contribution in [-0.2, 0) is 17.9 Å². The number of carbonyl (C=O) groups excluding carboxylic acids is 1. The molecule has 0 bridgehead atoms. The van der Waals surface area contributed by atoms with Crippen molar-refractivity contribution in [3.8, 4) is 28.2 Å². The molecule has 0 fully saturated rings. The van der Waals surface area contributed by atoms with Gasteiger partial charge in [0.25, 0.3) is 0 Å². The van der Waals surface area contributed by atoms with E-state index in [1.807, 2.05) is 23.0 Å². The standard InChI is InChI=1S/C31H40FN5O3Si/c1-41(2,3)18-17-40-22-36-20-23(19-34-36)27-10-8-11-28(30(33)39)29(27)31-35-25(9-6-4-5-7-16-38)21-37(31)26-14-12-24(32)13-15-26/h8,10-15,19-21,38H,4-7,9,16-18,22H2,1-3H3,(H2,33,39). The molecule has 0 aliphatic rings. The largest absolute Gasteiger partial charge is 0.396 e. The molecule has 2 aromatic carbocycles. The summed E-state index contributed by atoms with van der Waals surface area (Å²) in [6, 6.07) is 12.7. The number of primary amides is 1. The lowest BCUT2D eigenvalue weighted by molar-refractivity contribution is 0.0786. The first-order valence-electron chi connectivity index (χ1n) is 14.1. The molecule has 2 aromatic heterocycles. The van der Waals surface area contributed by atoms with Crippen LogP contribution < -0.4 is 5.73 Å². The molecule has 41 heavy (non-hydrogen) atoms. The summed E-state index contributed by atoms with van der Waals surface area (Å²) in [5.74, 6) is -0.356. The van der Waals surface area contributed by atoms with Gasteiger partial charge >= 0.3 is 0 Å². The van der Waals surface area contributed by atoms with E-state index in [0.717, 1.165) is 60.7 Å². The Morgan fingerprint density at radius 1 is 1.05 bits per heavy atom. The minimum absolute atomic E-state index is 0.192. The molecular formula is C31H40FN5O3Si. The summed E-state index contributed by atoms with van der Waals surface area (Å²) in [5, 5.41) is 13.6. The molecule has 0 unspecified atom stereocenters. The van der Waals surface area contributed by atoms with E-state index in [9.17, 15) is 9.18 Å². The van der Waals surface area contributed by atoms with Crippen molar-refractivity contribution in [1.82, 2.24) is 19.3 Å². The molecule has 0 aliphatic heterocycles. The maximum Gasteiger partial charge on any atom is 0.249 e. The minimum Gasteiger partial charge on any atom is -0.396 e. The molecule has 0 saturated heterocycles. The Labute approximate surface area is 242 Å². The average molecular weight is 578 g/mol. The van der Waals surface area contributed by atoms with Crippen molar-refractivity contribution in [2.45, 2.75) is 64.5 Å². The third-order valence-electron chi connectivity index (χ3n) is 6.92. The highest BCUT2D eigenvalue weighted by Crippen LogP contribution is 2.36. The Kier molecular flexibility index (Phi) is 10.2. The lowest BCUT2D eigenvalue weighted by atomic mass is 9.96. The Morgan fingerprint density at radius 3 is 2.51 bits per heavy atom. The summed E-state index contributed by atoms with van der Waals surface area (Å²) in [7, 11) is -1.19. The van der Waals surface area contributed by atoms with Crippen molar-refractivity contribution >= 4 is 14.0 Å². The highest BCUT2D eigenvalue weighted by Gasteiger charge is 2.23. The second-order valence-corrected chi connectivity index (χ2v) is 17.1. The summed E-state index contributed by atoms with van der Waals surface area (Å²) >= 11 is 0. The maximum absolute atomic E-state index is 13.8. The fourth-order valence-electron chi connectivity index (χ4n) is 4.64. The maximum atomic E-state index is 13.8. The van der Waals surface area contributed by atoms with E-state index < -0.39 is 14.0 Å². The molecule has 0 radical (unpaired) electrons. The van der Waals surface area contributed by atoms with Crippen LogP contribution in [0.15, 0.2) is 61.1 Å². The zero-order valence-corrected chi connectivity index (χ0v) is 25.1. The highest BCUT2D eigenvalue weighted by atomic mass is 28.3. The van der Waals surface area contributed by atoms with Crippen LogP contribution in [0.4, 0.5) is 4.39 Å². The van der Waals surface area contributed by atoms with Crippen LogP contribution in [-0.4, -0.2) is 51.6 Å². The van der Waals surface area contributed by atoms with E-state index >= 15 is 0 Å².